The Balaban J connectivity index is 2.22. The molecule has 3 rings (SSSR count). The van der Waals surface area contributed by atoms with E-state index in [1.165, 1.54) is 16.8 Å². The van der Waals surface area contributed by atoms with Crippen molar-refractivity contribution in [2.24, 2.45) is 5.92 Å². The van der Waals surface area contributed by atoms with E-state index in [1.807, 2.05) is 13.8 Å². The maximum absolute atomic E-state index is 12.8. The molecule has 0 aliphatic carbocycles. The minimum absolute atomic E-state index is 0.0367. The number of aromatic nitrogens is 4. The van der Waals surface area contributed by atoms with Gasteiger partial charge >= 0.3 is 11.9 Å². The summed E-state index contributed by atoms with van der Waals surface area (Å²) >= 11 is 0. The first-order valence-electron chi connectivity index (χ1n) is 8.15. The van der Waals surface area contributed by atoms with Crippen molar-refractivity contribution in [3.8, 4) is 0 Å². The van der Waals surface area contributed by atoms with Crippen LogP contribution in [0.1, 0.15) is 36.7 Å². The number of benzene rings is 1. The Bertz CT molecular complexity index is 1080. The molecule has 0 amide bonds. The highest BCUT2D eigenvalue weighted by Gasteiger charge is 2.31. The molecule has 27 heavy (non-hydrogen) atoms. The molecule has 7 nitrogen and oxygen atoms in total. The van der Waals surface area contributed by atoms with E-state index < -0.39 is 35.6 Å². The molecular weight excluding hydrogens is 365 g/mol. The highest BCUT2D eigenvalue weighted by atomic mass is 19.4. The van der Waals surface area contributed by atoms with E-state index in [-0.39, 0.29) is 22.6 Å². The number of aliphatic hydroxyl groups is 1. The van der Waals surface area contributed by atoms with Crippen molar-refractivity contribution in [1.82, 2.24) is 19.7 Å². The van der Waals surface area contributed by atoms with Crippen LogP contribution in [-0.2, 0) is 12.8 Å². The van der Waals surface area contributed by atoms with E-state index in [0.717, 1.165) is 12.1 Å². The molecule has 0 aliphatic heterocycles. The molecule has 0 aliphatic rings. The number of hydrogen-bond donors (Lipinski definition) is 3. The van der Waals surface area contributed by atoms with Crippen LogP contribution in [-0.4, -0.2) is 24.9 Å². The van der Waals surface area contributed by atoms with Crippen LogP contribution in [0.5, 0.6) is 0 Å². The molecule has 0 saturated heterocycles. The van der Waals surface area contributed by atoms with Crippen molar-refractivity contribution in [1.29, 1.82) is 0 Å². The summed E-state index contributed by atoms with van der Waals surface area (Å²) in [7, 11) is 0. The first-order chi connectivity index (χ1) is 12.6. The summed E-state index contributed by atoms with van der Waals surface area (Å²) in [5.74, 6) is -0.140. The second-order valence-electron chi connectivity index (χ2n) is 6.49. The van der Waals surface area contributed by atoms with Crippen LogP contribution in [0, 0.1) is 5.92 Å². The van der Waals surface area contributed by atoms with Crippen LogP contribution in [0.15, 0.2) is 33.9 Å². The summed E-state index contributed by atoms with van der Waals surface area (Å²) in [5, 5.41) is 13.8. The SMILES string of the molecule is CC(C)[C@H](c1ccc(C(F)(F)F)cc1)n1nc(CO)c2c(=O)[nH]c(=O)[nH]c21. The predicted molar refractivity (Wildman–Crippen MR) is 91.3 cm³/mol. The lowest BCUT2D eigenvalue weighted by atomic mass is 9.95. The summed E-state index contributed by atoms with van der Waals surface area (Å²) in [4.78, 5) is 28.4. The van der Waals surface area contributed by atoms with Gasteiger partial charge in [0.1, 0.15) is 16.7 Å². The minimum Gasteiger partial charge on any atom is -0.390 e. The summed E-state index contributed by atoms with van der Waals surface area (Å²) < 4.78 is 39.8. The van der Waals surface area contributed by atoms with Gasteiger partial charge in [-0.2, -0.15) is 18.3 Å². The number of aliphatic hydroxyl groups excluding tert-OH is 1. The lowest BCUT2D eigenvalue weighted by Crippen LogP contribution is -2.24. The van der Waals surface area contributed by atoms with Crippen LogP contribution in [0.2, 0.25) is 0 Å². The zero-order valence-corrected chi connectivity index (χ0v) is 14.5. The van der Waals surface area contributed by atoms with Gasteiger partial charge in [0.25, 0.3) is 5.56 Å². The van der Waals surface area contributed by atoms with Crippen molar-refractivity contribution < 1.29 is 18.3 Å². The van der Waals surface area contributed by atoms with E-state index in [0.29, 0.717) is 5.56 Å². The molecule has 2 heterocycles. The van der Waals surface area contributed by atoms with Crippen molar-refractivity contribution in [2.45, 2.75) is 32.7 Å². The van der Waals surface area contributed by atoms with E-state index in [1.54, 1.807) is 0 Å². The van der Waals surface area contributed by atoms with Crippen molar-refractivity contribution in [2.75, 3.05) is 0 Å². The van der Waals surface area contributed by atoms with Crippen molar-refractivity contribution in [3.63, 3.8) is 0 Å². The Hall–Kier alpha value is -2.88. The number of H-pyrrole nitrogens is 2. The zero-order valence-electron chi connectivity index (χ0n) is 14.5. The Labute approximate surface area is 150 Å². The predicted octanol–water partition coefficient (Wildman–Crippen LogP) is 2.17. The van der Waals surface area contributed by atoms with Crippen LogP contribution >= 0.6 is 0 Å². The maximum Gasteiger partial charge on any atom is 0.416 e. The Morgan fingerprint density at radius 2 is 1.78 bits per heavy atom. The number of nitrogens with zero attached hydrogens (tertiary/aromatic N) is 2. The first-order valence-corrected chi connectivity index (χ1v) is 8.15. The van der Waals surface area contributed by atoms with Gasteiger partial charge in [0.05, 0.1) is 18.2 Å². The Kier molecular flexibility index (Phi) is 4.68. The van der Waals surface area contributed by atoms with Gasteiger partial charge in [0.15, 0.2) is 0 Å². The lowest BCUT2D eigenvalue weighted by molar-refractivity contribution is -0.137. The van der Waals surface area contributed by atoms with E-state index >= 15 is 0 Å². The molecule has 1 atom stereocenters. The van der Waals surface area contributed by atoms with E-state index in [2.05, 4.69) is 15.1 Å². The number of fused-ring (bicyclic) bond motifs is 1. The van der Waals surface area contributed by atoms with Gasteiger partial charge in [-0.15, -0.1) is 0 Å². The average Bonchev–Trinajstić information content (AvgIpc) is 2.93. The van der Waals surface area contributed by atoms with Crippen molar-refractivity contribution >= 4 is 11.0 Å². The minimum atomic E-state index is -4.45. The van der Waals surface area contributed by atoms with Crippen molar-refractivity contribution in [3.05, 3.63) is 61.9 Å². The topological polar surface area (TPSA) is 104 Å². The summed E-state index contributed by atoms with van der Waals surface area (Å²) in [6.07, 6.45) is -4.45. The fourth-order valence-corrected chi connectivity index (χ4v) is 3.13. The van der Waals surface area contributed by atoms with Gasteiger partial charge in [-0.05, 0) is 23.6 Å². The average molecular weight is 382 g/mol. The summed E-state index contributed by atoms with van der Waals surface area (Å²) in [5.41, 5.74) is -1.52. The molecule has 0 spiro atoms. The third kappa shape index (κ3) is 3.39. The lowest BCUT2D eigenvalue weighted by Gasteiger charge is -2.23. The monoisotopic (exact) mass is 382 g/mol. The van der Waals surface area contributed by atoms with Crippen LogP contribution in [0.25, 0.3) is 11.0 Å². The highest BCUT2D eigenvalue weighted by molar-refractivity contribution is 5.77. The maximum atomic E-state index is 12.8. The Morgan fingerprint density at radius 1 is 1.15 bits per heavy atom. The molecule has 3 N–H and O–H groups in total. The number of rotatable bonds is 4. The third-order valence-corrected chi connectivity index (χ3v) is 4.29. The molecule has 0 bridgehead atoms. The quantitative estimate of drug-likeness (QED) is 0.643. The summed E-state index contributed by atoms with van der Waals surface area (Å²) in [6, 6.07) is 4.06. The number of nitrogens with one attached hydrogen (secondary N) is 2. The first kappa shape index (κ1) is 18.9. The smallest absolute Gasteiger partial charge is 0.390 e. The van der Waals surface area contributed by atoms with Gasteiger partial charge in [0.2, 0.25) is 0 Å². The second kappa shape index (κ2) is 6.69. The van der Waals surface area contributed by atoms with Gasteiger partial charge < -0.3 is 5.11 Å². The molecule has 0 unspecified atom stereocenters. The molecule has 0 saturated carbocycles. The van der Waals surface area contributed by atoms with Gasteiger partial charge in [-0.3, -0.25) is 14.8 Å². The number of hydrogen-bond acceptors (Lipinski definition) is 4. The van der Waals surface area contributed by atoms with E-state index in [4.69, 9.17) is 0 Å². The van der Waals surface area contributed by atoms with Crippen LogP contribution in [0.4, 0.5) is 13.2 Å². The number of alkyl halides is 3. The molecule has 3 aromatic rings. The number of aromatic amines is 2. The van der Waals surface area contributed by atoms with Gasteiger partial charge in [-0.1, -0.05) is 26.0 Å². The number of halogens is 3. The molecule has 0 fully saturated rings. The normalized spacial score (nSPS) is 13.4. The molecule has 10 heteroatoms. The standard InChI is InChI=1S/C17H17F3N4O3/c1-8(2)13(9-3-5-10(6-4-9)17(18,19)20)24-14-12(11(7-25)23-24)15(26)22-16(27)21-14/h3-6,8,13,25H,7H2,1-2H3,(H2,21,22,26,27)/t13-/m1/s1. The molecule has 1 aromatic carbocycles. The highest BCUT2D eigenvalue weighted by Crippen LogP contribution is 2.33. The van der Waals surface area contributed by atoms with Crippen LogP contribution < -0.4 is 11.2 Å². The fraction of sp³-hybridized carbons (Fsp3) is 0.353. The molecule has 2 aromatic heterocycles. The van der Waals surface area contributed by atoms with Gasteiger partial charge in [0, 0.05) is 0 Å². The van der Waals surface area contributed by atoms with E-state index in [9.17, 15) is 27.9 Å². The zero-order chi connectivity index (χ0) is 19.9. The third-order valence-electron chi connectivity index (χ3n) is 4.29. The second-order valence-corrected chi connectivity index (χ2v) is 6.49. The molecule has 144 valence electrons. The summed E-state index contributed by atoms with van der Waals surface area (Å²) in [6.45, 7) is 3.13. The van der Waals surface area contributed by atoms with Crippen LogP contribution in [0.3, 0.4) is 0 Å². The largest absolute Gasteiger partial charge is 0.416 e. The Morgan fingerprint density at radius 3 is 2.30 bits per heavy atom. The van der Waals surface area contributed by atoms with Gasteiger partial charge in [-0.25, -0.2) is 9.48 Å². The molecule has 0 radical (unpaired) electrons. The molecular formula is C17H17F3N4O3. The fourth-order valence-electron chi connectivity index (χ4n) is 3.13.